The first-order chi connectivity index (χ1) is 11.6. The van der Waals surface area contributed by atoms with Gasteiger partial charge in [0, 0.05) is 43.0 Å². The maximum atomic E-state index is 12.5. The number of rotatable bonds is 1. The van der Waals surface area contributed by atoms with E-state index in [0.29, 0.717) is 26.3 Å². The van der Waals surface area contributed by atoms with Crippen LogP contribution in [0.25, 0.3) is 22.3 Å². The van der Waals surface area contributed by atoms with Crippen LogP contribution in [-0.4, -0.2) is 56.6 Å². The van der Waals surface area contributed by atoms with Crippen LogP contribution in [-0.2, 0) is 11.8 Å². The summed E-state index contributed by atoms with van der Waals surface area (Å²) in [5.74, 6) is 0. The molecule has 0 atom stereocenters. The van der Waals surface area contributed by atoms with Gasteiger partial charge in [0.15, 0.2) is 0 Å². The van der Waals surface area contributed by atoms with Gasteiger partial charge in [0.25, 0.3) is 0 Å². The van der Waals surface area contributed by atoms with Gasteiger partial charge in [-0.25, -0.2) is 9.78 Å². The van der Waals surface area contributed by atoms with Crippen LogP contribution in [0.4, 0.5) is 4.79 Å². The Labute approximate surface area is 139 Å². The van der Waals surface area contributed by atoms with E-state index in [0.717, 1.165) is 28.0 Å². The summed E-state index contributed by atoms with van der Waals surface area (Å²) in [7, 11) is 2.00. The quantitative estimate of drug-likeness (QED) is 0.687. The summed E-state index contributed by atoms with van der Waals surface area (Å²) in [6, 6.07) is 5.99. The average Bonchev–Trinajstić information content (AvgIpc) is 3.21. The lowest BCUT2D eigenvalue weighted by atomic mass is 10.2. The number of carbonyl (C=O) groups excluding carboxylic acids is 1. The minimum absolute atomic E-state index is 0.125. The molecule has 1 fully saturated rings. The van der Waals surface area contributed by atoms with Crippen molar-refractivity contribution in [3.8, 4) is 11.3 Å². The Morgan fingerprint density at radius 2 is 2.04 bits per heavy atom. The number of amides is 1. The number of carbonyl (C=O) groups is 1. The summed E-state index contributed by atoms with van der Waals surface area (Å²) in [4.78, 5) is 18.9. The molecule has 3 aromatic rings. The van der Waals surface area contributed by atoms with E-state index >= 15 is 0 Å². The van der Waals surface area contributed by atoms with Gasteiger partial charge >= 0.3 is 6.03 Å². The van der Waals surface area contributed by atoms with E-state index in [1.54, 1.807) is 17.3 Å². The van der Waals surface area contributed by atoms with E-state index in [2.05, 4.69) is 22.7 Å². The number of ether oxygens (including phenoxy) is 1. The second kappa shape index (κ2) is 5.76. The van der Waals surface area contributed by atoms with Gasteiger partial charge in [-0.2, -0.15) is 9.78 Å². The van der Waals surface area contributed by atoms with Gasteiger partial charge < -0.3 is 14.2 Å². The lowest BCUT2D eigenvalue weighted by Gasteiger charge is -2.26. The first-order valence-electron chi connectivity index (χ1n) is 7.98. The molecule has 4 heterocycles. The maximum Gasteiger partial charge on any atom is 0.344 e. The standard InChI is InChI=1S/C17H19N5O2/c1-12-9-13-3-4-15(19-16(13)20(12)2)14-10-18-22(11-14)17(23)21-5-7-24-8-6-21/h3-4,9-11H,5-8H2,1-2H3. The molecule has 0 radical (unpaired) electrons. The molecular weight excluding hydrogens is 306 g/mol. The minimum atomic E-state index is -0.125. The van der Waals surface area contributed by atoms with E-state index in [9.17, 15) is 4.79 Å². The average molecular weight is 325 g/mol. The summed E-state index contributed by atoms with van der Waals surface area (Å²) in [6.07, 6.45) is 3.42. The van der Waals surface area contributed by atoms with Crippen molar-refractivity contribution in [2.45, 2.75) is 6.92 Å². The van der Waals surface area contributed by atoms with Crippen molar-refractivity contribution in [2.24, 2.45) is 7.05 Å². The van der Waals surface area contributed by atoms with Crippen LogP contribution < -0.4 is 0 Å². The van der Waals surface area contributed by atoms with Crippen molar-refractivity contribution in [1.82, 2.24) is 24.2 Å². The predicted octanol–water partition coefficient (Wildman–Crippen LogP) is 2.05. The molecule has 124 valence electrons. The lowest BCUT2D eigenvalue weighted by Crippen LogP contribution is -2.43. The molecule has 0 bridgehead atoms. The fourth-order valence-electron chi connectivity index (χ4n) is 2.95. The highest BCUT2D eigenvalue weighted by molar-refractivity contribution is 5.81. The zero-order valence-electron chi connectivity index (χ0n) is 13.8. The molecule has 1 aliphatic heterocycles. The first kappa shape index (κ1) is 14.9. The molecule has 7 nitrogen and oxygen atoms in total. The Morgan fingerprint density at radius 3 is 2.83 bits per heavy atom. The van der Waals surface area contributed by atoms with E-state index in [4.69, 9.17) is 9.72 Å². The third kappa shape index (κ3) is 2.46. The SMILES string of the molecule is Cc1cc2ccc(-c3cnn(C(=O)N4CCOCC4)c3)nc2n1C. The first-order valence-corrected chi connectivity index (χ1v) is 7.98. The van der Waals surface area contributed by atoms with Crippen molar-refractivity contribution in [2.75, 3.05) is 26.3 Å². The van der Waals surface area contributed by atoms with Gasteiger partial charge in [-0.1, -0.05) is 0 Å². The molecule has 0 saturated carbocycles. The molecule has 3 aromatic heterocycles. The second-order valence-electron chi connectivity index (χ2n) is 6.01. The third-order valence-corrected chi connectivity index (χ3v) is 4.47. The molecule has 24 heavy (non-hydrogen) atoms. The summed E-state index contributed by atoms with van der Waals surface area (Å²) in [5, 5.41) is 5.32. The number of hydrogen-bond acceptors (Lipinski definition) is 4. The molecular formula is C17H19N5O2. The number of hydrogen-bond donors (Lipinski definition) is 0. The number of aromatic nitrogens is 4. The van der Waals surface area contributed by atoms with Gasteiger partial charge in [-0.05, 0) is 25.1 Å². The monoisotopic (exact) mass is 325 g/mol. The van der Waals surface area contributed by atoms with E-state index < -0.39 is 0 Å². The van der Waals surface area contributed by atoms with Gasteiger partial charge in [0.1, 0.15) is 5.65 Å². The van der Waals surface area contributed by atoms with Crippen molar-refractivity contribution in [3.05, 3.63) is 36.3 Å². The molecule has 1 saturated heterocycles. The fourth-order valence-corrected chi connectivity index (χ4v) is 2.95. The van der Waals surface area contributed by atoms with Crippen LogP contribution in [0.2, 0.25) is 0 Å². The van der Waals surface area contributed by atoms with Crippen LogP contribution in [0.1, 0.15) is 5.69 Å². The van der Waals surface area contributed by atoms with Gasteiger partial charge in [0.2, 0.25) is 0 Å². The number of pyridine rings is 1. The van der Waals surface area contributed by atoms with Gasteiger partial charge in [-0.15, -0.1) is 0 Å². The molecule has 1 amide bonds. The van der Waals surface area contributed by atoms with Crippen LogP contribution in [0.5, 0.6) is 0 Å². The summed E-state index contributed by atoms with van der Waals surface area (Å²) in [5.41, 5.74) is 3.73. The predicted molar refractivity (Wildman–Crippen MR) is 89.9 cm³/mol. The highest BCUT2D eigenvalue weighted by Gasteiger charge is 2.19. The Kier molecular flexibility index (Phi) is 3.57. The highest BCUT2D eigenvalue weighted by atomic mass is 16.5. The van der Waals surface area contributed by atoms with Crippen molar-refractivity contribution in [3.63, 3.8) is 0 Å². The Hall–Kier alpha value is -2.67. The van der Waals surface area contributed by atoms with Crippen LogP contribution in [0.15, 0.2) is 30.6 Å². The van der Waals surface area contributed by atoms with Crippen LogP contribution >= 0.6 is 0 Å². The molecule has 0 N–H and O–H groups in total. The van der Waals surface area contributed by atoms with E-state index in [1.807, 2.05) is 19.2 Å². The maximum absolute atomic E-state index is 12.5. The minimum Gasteiger partial charge on any atom is -0.378 e. The largest absolute Gasteiger partial charge is 0.378 e. The normalized spacial score (nSPS) is 15.2. The van der Waals surface area contributed by atoms with Crippen molar-refractivity contribution in [1.29, 1.82) is 0 Å². The summed E-state index contributed by atoms with van der Waals surface area (Å²) >= 11 is 0. The lowest BCUT2D eigenvalue weighted by molar-refractivity contribution is 0.0528. The van der Waals surface area contributed by atoms with Crippen molar-refractivity contribution >= 4 is 17.1 Å². The molecule has 0 spiro atoms. The third-order valence-electron chi connectivity index (χ3n) is 4.47. The number of morpholine rings is 1. The van der Waals surface area contributed by atoms with Crippen molar-refractivity contribution < 1.29 is 9.53 Å². The van der Waals surface area contributed by atoms with Gasteiger partial charge in [0.05, 0.1) is 25.1 Å². The Balaban J connectivity index is 1.64. The molecule has 0 aliphatic carbocycles. The molecule has 4 rings (SSSR count). The highest BCUT2D eigenvalue weighted by Crippen LogP contribution is 2.22. The summed E-state index contributed by atoms with van der Waals surface area (Å²) < 4.78 is 8.71. The van der Waals surface area contributed by atoms with E-state index in [-0.39, 0.29) is 6.03 Å². The Morgan fingerprint density at radius 1 is 1.25 bits per heavy atom. The number of aryl methyl sites for hydroxylation is 2. The fraction of sp³-hybridized carbons (Fsp3) is 0.353. The zero-order chi connectivity index (χ0) is 16.7. The topological polar surface area (TPSA) is 65.2 Å². The number of nitrogens with zero attached hydrogens (tertiary/aromatic N) is 5. The Bertz CT molecular complexity index is 905. The van der Waals surface area contributed by atoms with Crippen LogP contribution in [0.3, 0.4) is 0 Å². The molecule has 1 aliphatic rings. The van der Waals surface area contributed by atoms with E-state index in [1.165, 1.54) is 4.68 Å². The zero-order valence-corrected chi connectivity index (χ0v) is 13.8. The summed E-state index contributed by atoms with van der Waals surface area (Å²) in [6.45, 7) is 4.40. The molecule has 7 heteroatoms. The number of fused-ring (bicyclic) bond motifs is 1. The smallest absolute Gasteiger partial charge is 0.344 e. The van der Waals surface area contributed by atoms with Crippen LogP contribution in [0, 0.1) is 6.92 Å². The van der Waals surface area contributed by atoms with Gasteiger partial charge in [-0.3, -0.25) is 0 Å². The molecule has 0 aromatic carbocycles. The second-order valence-corrected chi connectivity index (χ2v) is 6.01. The molecule has 0 unspecified atom stereocenters.